The van der Waals surface area contributed by atoms with E-state index in [4.69, 9.17) is 9.57 Å². The molecular weight excluding hydrogens is 146 g/mol. The molecule has 0 spiro atoms. The summed E-state index contributed by atoms with van der Waals surface area (Å²) in [6, 6.07) is 0. The summed E-state index contributed by atoms with van der Waals surface area (Å²) in [6.07, 6.45) is 1.83. The number of oxime groups is 1. The first-order chi connectivity index (χ1) is 5.29. The molecule has 11 heavy (non-hydrogen) atoms. The summed E-state index contributed by atoms with van der Waals surface area (Å²) in [6.45, 7) is 2.32. The van der Waals surface area contributed by atoms with Crippen LogP contribution in [0.5, 0.6) is 0 Å². The van der Waals surface area contributed by atoms with Crippen LogP contribution in [0.15, 0.2) is 5.16 Å². The zero-order chi connectivity index (χ0) is 8.10. The topological polar surface area (TPSA) is 47.9 Å². The third-order valence-electron chi connectivity index (χ3n) is 1.34. The van der Waals surface area contributed by atoms with Gasteiger partial charge in [0, 0.05) is 6.92 Å². The predicted molar refractivity (Wildman–Crippen MR) is 39.3 cm³/mol. The molecule has 0 aromatic heterocycles. The van der Waals surface area contributed by atoms with Crippen molar-refractivity contribution in [3.8, 4) is 0 Å². The molecule has 62 valence electrons. The molecule has 1 heterocycles. The van der Waals surface area contributed by atoms with E-state index in [-0.39, 0.29) is 12.6 Å². The lowest BCUT2D eigenvalue weighted by Gasteiger charge is -2.10. The van der Waals surface area contributed by atoms with E-state index < -0.39 is 0 Å². The van der Waals surface area contributed by atoms with Crippen molar-refractivity contribution in [3.63, 3.8) is 0 Å². The summed E-state index contributed by atoms with van der Waals surface area (Å²) in [7, 11) is 0. The molecular formula is C7H11NO3. The van der Waals surface area contributed by atoms with Crippen molar-refractivity contribution in [2.75, 3.05) is 13.2 Å². The monoisotopic (exact) mass is 157 g/mol. The van der Waals surface area contributed by atoms with Gasteiger partial charge in [0.1, 0.15) is 13.2 Å². The van der Waals surface area contributed by atoms with E-state index in [0.717, 1.165) is 18.6 Å². The Balaban J connectivity index is 2.24. The summed E-state index contributed by atoms with van der Waals surface area (Å²) < 4.78 is 4.73. The van der Waals surface area contributed by atoms with Gasteiger partial charge >= 0.3 is 5.97 Å². The Labute approximate surface area is 65.2 Å². The Morgan fingerprint density at radius 3 is 3.18 bits per heavy atom. The summed E-state index contributed by atoms with van der Waals surface area (Å²) in [5, 5.41) is 3.74. The van der Waals surface area contributed by atoms with E-state index in [1.165, 1.54) is 6.92 Å². The maximum atomic E-state index is 10.4. The second-order valence-corrected chi connectivity index (χ2v) is 2.37. The van der Waals surface area contributed by atoms with Gasteiger partial charge in [0.15, 0.2) is 0 Å². The van der Waals surface area contributed by atoms with E-state index in [1.54, 1.807) is 0 Å². The van der Waals surface area contributed by atoms with Gasteiger partial charge < -0.3 is 9.57 Å². The van der Waals surface area contributed by atoms with Crippen molar-refractivity contribution in [3.05, 3.63) is 0 Å². The van der Waals surface area contributed by atoms with Gasteiger partial charge in [-0.25, -0.2) is 0 Å². The van der Waals surface area contributed by atoms with Crippen LogP contribution < -0.4 is 0 Å². The Bertz CT molecular complexity index is 177. The highest BCUT2D eigenvalue weighted by atomic mass is 16.6. The van der Waals surface area contributed by atoms with E-state index in [0.29, 0.717) is 6.61 Å². The lowest BCUT2D eigenvalue weighted by molar-refractivity contribution is -0.139. The van der Waals surface area contributed by atoms with Gasteiger partial charge in [0.25, 0.3) is 0 Å². The number of hydrogen-bond donors (Lipinski definition) is 0. The van der Waals surface area contributed by atoms with Gasteiger partial charge in [-0.2, -0.15) is 0 Å². The summed E-state index contributed by atoms with van der Waals surface area (Å²) in [5.41, 5.74) is 0.812. The Morgan fingerprint density at radius 2 is 2.64 bits per heavy atom. The van der Waals surface area contributed by atoms with Gasteiger partial charge in [-0.15, -0.1) is 0 Å². The van der Waals surface area contributed by atoms with Gasteiger partial charge in [0.05, 0.1) is 5.71 Å². The van der Waals surface area contributed by atoms with Crippen LogP contribution in [0.4, 0.5) is 0 Å². The molecule has 0 atom stereocenters. The number of carbonyl (C=O) groups is 1. The Kier molecular flexibility index (Phi) is 2.89. The zero-order valence-corrected chi connectivity index (χ0v) is 6.50. The van der Waals surface area contributed by atoms with Crippen molar-refractivity contribution in [1.29, 1.82) is 0 Å². The molecule has 0 unspecified atom stereocenters. The molecule has 1 aliphatic heterocycles. The molecule has 4 heteroatoms. The molecule has 4 nitrogen and oxygen atoms in total. The minimum absolute atomic E-state index is 0.273. The maximum Gasteiger partial charge on any atom is 0.303 e. The molecule has 0 saturated heterocycles. The standard InChI is InChI=1S/C7H11NO3/c1-6(9)10-5-7-3-2-4-11-8-7/h2-5H2,1H3. The zero-order valence-electron chi connectivity index (χ0n) is 6.50. The second kappa shape index (κ2) is 3.95. The maximum absolute atomic E-state index is 10.4. The van der Waals surface area contributed by atoms with Crippen molar-refractivity contribution in [2.45, 2.75) is 19.8 Å². The van der Waals surface area contributed by atoms with Gasteiger partial charge in [-0.05, 0) is 12.8 Å². The van der Waals surface area contributed by atoms with Crippen LogP contribution in [0.25, 0.3) is 0 Å². The number of esters is 1. The lowest BCUT2D eigenvalue weighted by atomic mass is 10.2. The number of nitrogens with zero attached hydrogens (tertiary/aromatic N) is 1. The van der Waals surface area contributed by atoms with Crippen molar-refractivity contribution >= 4 is 11.7 Å². The lowest BCUT2D eigenvalue weighted by Crippen LogP contribution is -2.16. The fourth-order valence-corrected chi connectivity index (χ4v) is 0.807. The molecule has 0 amide bonds. The fraction of sp³-hybridized carbons (Fsp3) is 0.714. The third-order valence-corrected chi connectivity index (χ3v) is 1.34. The molecule has 0 radical (unpaired) electrons. The molecule has 1 aliphatic rings. The highest BCUT2D eigenvalue weighted by Crippen LogP contribution is 2.02. The Hall–Kier alpha value is -1.06. The molecule has 0 aromatic carbocycles. The number of hydrogen-bond acceptors (Lipinski definition) is 4. The smallest absolute Gasteiger partial charge is 0.303 e. The molecule has 0 saturated carbocycles. The average Bonchev–Trinajstić information content (AvgIpc) is 2.03. The number of rotatable bonds is 2. The fourth-order valence-electron chi connectivity index (χ4n) is 0.807. The van der Waals surface area contributed by atoms with E-state index in [9.17, 15) is 4.79 Å². The Morgan fingerprint density at radius 1 is 1.82 bits per heavy atom. The first-order valence-corrected chi connectivity index (χ1v) is 3.60. The SMILES string of the molecule is CC(=O)OCC1=NOCCC1. The van der Waals surface area contributed by atoms with Crippen LogP contribution in [-0.2, 0) is 14.4 Å². The van der Waals surface area contributed by atoms with Gasteiger partial charge in [-0.1, -0.05) is 5.16 Å². The van der Waals surface area contributed by atoms with Crippen LogP contribution in [0, 0.1) is 0 Å². The van der Waals surface area contributed by atoms with Crippen molar-refractivity contribution < 1.29 is 14.4 Å². The van der Waals surface area contributed by atoms with E-state index >= 15 is 0 Å². The van der Waals surface area contributed by atoms with Gasteiger partial charge in [0.2, 0.25) is 0 Å². The summed E-state index contributed by atoms with van der Waals surface area (Å²) >= 11 is 0. The van der Waals surface area contributed by atoms with Crippen LogP contribution in [0.2, 0.25) is 0 Å². The molecule has 0 aliphatic carbocycles. The van der Waals surface area contributed by atoms with E-state index in [2.05, 4.69) is 5.16 Å². The molecule has 0 aromatic rings. The predicted octanol–water partition coefficient (Wildman–Crippen LogP) is 0.716. The van der Waals surface area contributed by atoms with Crippen LogP contribution in [0.3, 0.4) is 0 Å². The second-order valence-electron chi connectivity index (χ2n) is 2.37. The quantitative estimate of drug-likeness (QED) is 0.555. The van der Waals surface area contributed by atoms with Crippen LogP contribution >= 0.6 is 0 Å². The minimum Gasteiger partial charge on any atom is -0.460 e. The summed E-state index contributed by atoms with van der Waals surface area (Å²) in [5.74, 6) is -0.279. The first kappa shape index (κ1) is 8.04. The minimum atomic E-state index is -0.279. The average molecular weight is 157 g/mol. The first-order valence-electron chi connectivity index (χ1n) is 3.60. The largest absolute Gasteiger partial charge is 0.460 e. The third kappa shape index (κ3) is 3.02. The van der Waals surface area contributed by atoms with Crippen LogP contribution in [0.1, 0.15) is 19.8 Å². The van der Waals surface area contributed by atoms with Gasteiger partial charge in [-0.3, -0.25) is 4.79 Å². The number of ether oxygens (including phenoxy) is 1. The van der Waals surface area contributed by atoms with Crippen molar-refractivity contribution in [2.24, 2.45) is 5.16 Å². The molecule has 0 N–H and O–H groups in total. The molecule has 1 rings (SSSR count). The highest BCUT2D eigenvalue weighted by Gasteiger charge is 2.07. The normalized spacial score (nSPS) is 16.6. The van der Waals surface area contributed by atoms with Crippen LogP contribution in [-0.4, -0.2) is 24.9 Å². The molecule has 0 bridgehead atoms. The van der Waals surface area contributed by atoms with E-state index in [1.807, 2.05) is 0 Å². The molecule has 0 fully saturated rings. The van der Waals surface area contributed by atoms with Crippen molar-refractivity contribution in [1.82, 2.24) is 0 Å². The highest BCUT2D eigenvalue weighted by molar-refractivity contribution is 5.87. The number of carbonyl (C=O) groups excluding carboxylic acids is 1. The summed E-state index contributed by atoms with van der Waals surface area (Å²) in [4.78, 5) is 15.2.